The minimum Gasteiger partial charge on any atom is -0.310 e. The average molecular weight is 191 g/mol. The van der Waals surface area contributed by atoms with Crippen LogP contribution in [0.1, 0.15) is 18.1 Å². The number of benzene rings is 1. The normalized spacial score (nSPS) is 12.5. The molecule has 76 valence electrons. The Kier molecular flexibility index (Phi) is 3.84. The van der Waals surface area contributed by atoms with Crippen molar-refractivity contribution in [1.29, 1.82) is 0 Å². The highest BCUT2D eigenvalue weighted by Crippen LogP contribution is 2.09. The smallest absolute Gasteiger partial charge is 0.147 e. The molecule has 1 atom stereocenters. The van der Waals surface area contributed by atoms with Crippen LogP contribution in [-0.4, -0.2) is 18.9 Å². The van der Waals surface area contributed by atoms with Crippen LogP contribution in [0.4, 0.5) is 0 Å². The molecular weight excluding hydrogens is 174 g/mol. The van der Waals surface area contributed by atoms with Crippen molar-refractivity contribution in [2.45, 2.75) is 26.3 Å². The zero-order valence-electron chi connectivity index (χ0n) is 9.00. The predicted octanol–water partition coefficient (Wildman–Crippen LogP) is 1.71. The van der Waals surface area contributed by atoms with Gasteiger partial charge in [-0.05, 0) is 38.4 Å². The van der Waals surface area contributed by atoms with E-state index >= 15 is 0 Å². The van der Waals surface area contributed by atoms with Crippen LogP contribution < -0.4 is 5.32 Å². The molecule has 0 bridgehead atoms. The van der Waals surface area contributed by atoms with E-state index in [2.05, 4.69) is 24.4 Å². The Morgan fingerprint density at radius 3 is 2.57 bits per heavy atom. The van der Waals surface area contributed by atoms with E-state index < -0.39 is 0 Å². The van der Waals surface area contributed by atoms with Crippen molar-refractivity contribution >= 4 is 5.78 Å². The number of carbonyl (C=O) groups excluding carboxylic acids is 1. The summed E-state index contributed by atoms with van der Waals surface area (Å²) in [6.07, 6.45) is 0.776. The van der Waals surface area contributed by atoms with Gasteiger partial charge in [-0.25, -0.2) is 0 Å². The van der Waals surface area contributed by atoms with Crippen LogP contribution in [0.2, 0.25) is 0 Å². The van der Waals surface area contributed by atoms with E-state index in [1.807, 2.05) is 19.2 Å². The molecule has 1 N–H and O–H groups in total. The maximum Gasteiger partial charge on any atom is 0.147 e. The third-order valence-corrected chi connectivity index (χ3v) is 2.52. The Labute approximate surface area is 85.3 Å². The number of rotatable bonds is 4. The fourth-order valence-electron chi connectivity index (χ4n) is 1.51. The largest absolute Gasteiger partial charge is 0.310 e. The molecule has 1 rings (SSSR count). The van der Waals surface area contributed by atoms with Gasteiger partial charge in [-0.2, -0.15) is 0 Å². The van der Waals surface area contributed by atoms with E-state index in [-0.39, 0.29) is 11.8 Å². The Morgan fingerprint density at radius 1 is 1.43 bits per heavy atom. The van der Waals surface area contributed by atoms with Gasteiger partial charge in [0.15, 0.2) is 0 Å². The summed E-state index contributed by atoms with van der Waals surface area (Å²) in [5, 5.41) is 3.03. The summed E-state index contributed by atoms with van der Waals surface area (Å²) < 4.78 is 0. The van der Waals surface area contributed by atoms with Crippen molar-refractivity contribution < 1.29 is 4.79 Å². The van der Waals surface area contributed by atoms with Crippen molar-refractivity contribution in [2.75, 3.05) is 7.05 Å². The number of carbonyl (C=O) groups is 1. The molecule has 0 aromatic heterocycles. The van der Waals surface area contributed by atoms with Crippen LogP contribution in [0.15, 0.2) is 24.3 Å². The first-order chi connectivity index (χ1) is 6.65. The zero-order chi connectivity index (χ0) is 10.6. The van der Waals surface area contributed by atoms with E-state index in [1.54, 1.807) is 6.92 Å². The summed E-state index contributed by atoms with van der Waals surface area (Å²) in [6.45, 7) is 3.70. The van der Waals surface area contributed by atoms with Crippen LogP contribution in [0, 0.1) is 6.92 Å². The molecular formula is C12H17NO. The second kappa shape index (κ2) is 4.91. The van der Waals surface area contributed by atoms with Crippen molar-refractivity contribution in [3.63, 3.8) is 0 Å². The molecule has 0 fully saturated rings. The van der Waals surface area contributed by atoms with Gasteiger partial charge < -0.3 is 5.32 Å². The Balaban J connectivity index is 2.77. The topological polar surface area (TPSA) is 29.1 Å². The molecule has 14 heavy (non-hydrogen) atoms. The van der Waals surface area contributed by atoms with Crippen molar-refractivity contribution in [3.8, 4) is 0 Å². The number of hydrogen-bond donors (Lipinski definition) is 1. The van der Waals surface area contributed by atoms with Crippen molar-refractivity contribution in [1.82, 2.24) is 5.32 Å². The number of likely N-dealkylation sites (N-methyl/N-ethyl adjacent to an activating group) is 1. The molecule has 0 aliphatic rings. The van der Waals surface area contributed by atoms with Crippen LogP contribution in [0.3, 0.4) is 0 Å². The lowest BCUT2D eigenvalue weighted by molar-refractivity contribution is -0.118. The minimum absolute atomic E-state index is 0.0592. The average Bonchev–Trinajstić information content (AvgIpc) is 2.16. The molecule has 1 aromatic carbocycles. The van der Waals surface area contributed by atoms with Gasteiger partial charge >= 0.3 is 0 Å². The molecule has 0 saturated carbocycles. The lowest BCUT2D eigenvalue weighted by Crippen LogP contribution is -2.34. The quantitative estimate of drug-likeness (QED) is 0.785. The van der Waals surface area contributed by atoms with Gasteiger partial charge in [-0.3, -0.25) is 4.79 Å². The molecule has 0 aliphatic carbocycles. The summed E-state index contributed by atoms with van der Waals surface area (Å²) in [5.74, 6) is 0.191. The molecule has 0 amide bonds. The molecule has 0 saturated heterocycles. The van der Waals surface area contributed by atoms with E-state index in [0.717, 1.165) is 6.42 Å². The van der Waals surface area contributed by atoms with Gasteiger partial charge in [0, 0.05) is 0 Å². The van der Waals surface area contributed by atoms with E-state index in [1.165, 1.54) is 11.1 Å². The van der Waals surface area contributed by atoms with Gasteiger partial charge in [-0.15, -0.1) is 0 Å². The fraction of sp³-hybridized carbons (Fsp3) is 0.417. The predicted molar refractivity (Wildman–Crippen MR) is 58.4 cm³/mol. The van der Waals surface area contributed by atoms with Crippen LogP contribution in [-0.2, 0) is 11.2 Å². The molecule has 0 heterocycles. The van der Waals surface area contributed by atoms with Crippen LogP contribution in [0.25, 0.3) is 0 Å². The first-order valence-electron chi connectivity index (χ1n) is 4.87. The highest BCUT2D eigenvalue weighted by atomic mass is 16.1. The molecule has 0 spiro atoms. The first kappa shape index (κ1) is 10.9. The highest BCUT2D eigenvalue weighted by Gasteiger charge is 2.12. The SMILES string of the molecule is CN[C@@H](Cc1ccccc1C)C(C)=O. The number of nitrogens with one attached hydrogen (secondary N) is 1. The van der Waals surface area contributed by atoms with Crippen molar-refractivity contribution in [3.05, 3.63) is 35.4 Å². The lowest BCUT2D eigenvalue weighted by atomic mass is 9.99. The van der Waals surface area contributed by atoms with Crippen LogP contribution >= 0.6 is 0 Å². The maximum atomic E-state index is 11.2. The number of hydrogen-bond acceptors (Lipinski definition) is 2. The van der Waals surface area contributed by atoms with Crippen LogP contribution in [0.5, 0.6) is 0 Å². The Bertz CT molecular complexity index is 320. The monoisotopic (exact) mass is 191 g/mol. The second-order valence-corrected chi connectivity index (χ2v) is 3.58. The maximum absolute atomic E-state index is 11.2. The summed E-state index contributed by atoms with van der Waals surface area (Å²) in [5.41, 5.74) is 2.48. The Morgan fingerprint density at radius 2 is 2.07 bits per heavy atom. The summed E-state index contributed by atoms with van der Waals surface area (Å²) >= 11 is 0. The molecule has 2 nitrogen and oxygen atoms in total. The zero-order valence-corrected chi connectivity index (χ0v) is 9.00. The lowest BCUT2D eigenvalue weighted by Gasteiger charge is -2.13. The van der Waals surface area contributed by atoms with Gasteiger partial charge in [-0.1, -0.05) is 24.3 Å². The van der Waals surface area contributed by atoms with Gasteiger partial charge in [0.1, 0.15) is 5.78 Å². The molecule has 0 radical (unpaired) electrons. The number of ketones is 1. The van der Waals surface area contributed by atoms with Crippen molar-refractivity contribution in [2.24, 2.45) is 0 Å². The number of Topliss-reactive ketones (excluding diaryl/α,β-unsaturated/α-hetero) is 1. The second-order valence-electron chi connectivity index (χ2n) is 3.58. The van der Waals surface area contributed by atoms with E-state index in [4.69, 9.17) is 0 Å². The molecule has 2 heteroatoms. The van der Waals surface area contributed by atoms with Gasteiger partial charge in [0.05, 0.1) is 6.04 Å². The van der Waals surface area contributed by atoms with Gasteiger partial charge in [0.25, 0.3) is 0 Å². The Hall–Kier alpha value is -1.15. The third kappa shape index (κ3) is 2.67. The molecule has 0 unspecified atom stereocenters. The standard InChI is InChI=1S/C12H17NO/c1-9-6-4-5-7-11(9)8-12(13-3)10(2)14/h4-7,12-13H,8H2,1-3H3/t12-/m0/s1. The number of aryl methyl sites for hydroxylation is 1. The summed E-state index contributed by atoms with van der Waals surface area (Å²) in [4.78, 5) is 11.2. The minimum atomic E-state index is -0.0592. The summed E-state index contributed by atoms with van der Waals surface area (Å²) in [7, 11) is 1.82. The molecule has 0 aliphatic heterocycles. The van der Waals surface area contributed by atoms with Gasteiger partial charge in [0.2, 0.25) is 0 Å². The fourth-order valence-corrected chi connectivity index (χ4v) is 1.51. The molecule has 1 aromatic rings. The van der Waals surface area contributed by atoms with E-state index in [0.29, 0.717) is 0 Å². The highest BCUT2D eigenvalue weighted by molar-refractivity contribution is 5.81. The summed E-state index contributed by atoms with van der Waals surface area (Å²) in [6, 6.07) is 8.11. The first-order valence-corrected chi connectivity index (χ1v) is 4.87. The third-order valence-electron chi connectivity index (χ3n) is 2.52. The van der Waals surface area contributed by atoms with E-state index in [9.17, 15) is 4.79 Å².